The fourth-order valence-corrected chi connectivity index (χ4v) is 5.60. The molecule has 10 nitrogen and oxygen atoms in total. The van der Waals surface area contributed by atoms with Gasteiger partial charge in [0.1, 0.15) is 10.8 Å². The largest absolute Gasteiger partial charge is 0.465 e. The van der Waals surface area contributed by atoms with Gasteiger partial charge < -0.3 is 25.6 Å². The average Bonchev–Trinajstić information content (AvgIpc) is 3.52. The molecule has 4 heterocycles. The maximum absolute atomic E-state index is 13.9. The molecule has 2 saturated heterocycles. The number of anilines is 2. The van der Waals surface area contributed by atoms with Crippen molar-refractivity contribution >= 4 is 28.5 Å². The summed E-state index contributed by atoms with van der Waals surface area (Å²) in [5.41, 5.74) is -2.12. The minimum atomic E-state index is -4.40. The topological polar surface area (TPSA) is 139 Å². The number of halogens is 3. The van der Waals surface area contributed by atoms with Crippen LogP contribution in [0.4, 0.5) is 29.5 Å². The van der Waals surface area contributed by atoms with Crippen LogP contribution in [0, 0.1) is 11.3 Å². The Morgan fingerprint density at radius 3 is 2.47 bits per heavy atom. The van der Waals surface area contributed by atoms with Crippen molar-refractivity contribution in [2.75, 3.05) is 31.5 Å². The number of nitrogens with one attached hydrogen (secondary N) is 3. The third-order valence-electron chi connectivity index (χ3n) is 7.82. The van der Waals surface area contributed by atoms with Crippen molar-refractivity contribution in [1.29, 1.82) is 5.26 Å². The smallest absolute Gasteiger partial charge is 0.407 e. The van der Waals surface area contributed by atoms with Crippen molar-refractivity contribution in [2.24, 2.45) is 0 Å². The summed E-state index contributed by atoms with van der Waals surface area (Å²) in [6.07, 6.45) is -3.29. The van der Waals surface area contributed by atoms with Gasteiger partial charge >= 0.3 is 12.3 Å². The van der Waals surface area contributed by atoms with Crippen LogP contribution in [0.1, 0.15) is 31.2 Å². The van der Waals surface area contributed by atoms with Crippen LogP contribution < -0.4 is 16.2 Å². The summed E-state index contributed by atoms with van der Waals surface area (Å²) in [5, 5.41) is 29.7. The van der Waals surface area contributed by atoms with Crippen molar-refractivity contribution in [2.45, 2.75) is 42.8 Å². The molecule has 2 aromatic heterocycles. The number of benzene rings is 1. The number of carbonyl (C=O) groups is 1. The van der Waals surface area contributed by atoms with Crippen LogP contribution in [-0.4, -0.2) is 63.2 Å². The lowest BCUT2D eigenvalue weighted by Crippen LogP contribution is -2.48. The van der Waals surface area contributed by atoms with Gasteiger partial charge in [0.05, 0.1) is 23.5 Å². The molecule has 2 aliphatic rings. The lowest BCUT2D eigenvalue weighted by molar-refractivity contribution is -0.184. The Morgan fingerprint density at radius 2 is 1.89 bits per heavy atom. The van der Waals surface area contributed by atoms with Gasteiger partial charge in [0.2, 0.25) is 0 Å². The highest BCUT2D eigenvalue weighted by Crippen LogP contribution is 2.45. The molecular formula is C25H26F3N7O3. The standard InChI is InChI=1S/C25H26F3N7O3/c26-25(27,28)24(7-12-30-15-24)16-1-3-17(4-2-16)32-20-19-18(5-11-31-21(19)36)35(33-20)23(6-10-29)8-13-34(14-9-23)22(37)38/h1-5,11,30H,6-9,12-15H2,(H,31,36)(H,32,33)(H,37,38). The molecule has 0 saturated carbocycles. The third kappa shape index (κ3) is 4.14. The Balaban J connectivity index is 1.51. The van der Waals surface area contributed by atoms with Crippen LogP contribution in [0.3, 0.4) is 0 Å². The number of piperidine rings is 1. The Kier molecular flexibility index (Phi) is 6.30. The summed E-state index contributed by atoms with van der Waals surface area (Å²) in [6.45, 7) is 0.511. The SMILES string of the molecule is N#CCC1(n2nc(Nc3ccc(C4(C(F)(F)F)CCNC4)cc3)c3c(=O)[nH]ccc32)CCN(C(=O)O)CC1. The first-order valence-corrected chi connectivity index (χ1v) is 12.2. The quantitative estimate of drug-likeness (QED) is 0.396. The highest BCUT2D eigenvalue weighted by Gasteiger charge is 2.57. The zero-order valence-electron chi connectivity index (χ0n) is 20.3. The van der Waals surface area contributed by atoms with Crippen LogP contribution in [-0.2, 0) is 11.0 Å². The number of H-pyrrole nitrogens is 1. The number of fused-ring (bicyclic) bond motifs is 1. The molecule has 1 amide bonds. The van der Waals surface area contributed by atoms with Crippen LogP contribution in [0.25, 0.3) is 10.9 Å². The van der Waals surface area contributed by atoms with Crippen molar-refractivity contribution < 1.29 is 23.1 Å². The summed E-state index contributed by atoms with van der Waals surface area (Å²) in [6, 6.07) is 9.77. The van der Waals surface area contributed by atoms with E-state index in [1.165, 1.54) is 35.4 Å². The summed E-state index contributed by atoms with van der Waals surface area (Å²) < 4.78 is 43.5. The monoisotopic (exact) mass is 529 g/mol. The van der Waals surface area contributed by atoms with E-state index >= 15 is 0 Å². The first-order chi connectivity index (χ1) is 18.1. The summed E-state index contributed by atoms with van der Waals surface area (Å²) in [4.78, 5) is 28.2. The number of amides is 1. The Labute approximate surface area is 215 Å². The van der Waals surface area contributed by atoms with Gasteiger partial charge in [-0.15, -0.1) is 0 Å². The number of hydrogen-bond acceptors (Lipinski definition) is 6. The van der Waals surface area contributed by atoms with E-state index < -0.39 is 28.8 Å². The number of likely N-dealkylation sites (tertiary alicyclic amines) is 1. The first kappa shape index (κ1) is 25.6. The molecule has 0 bridgehead atoms. The molecule has 200 valence electrons. The molecule has 1 aromatic carbocycles. The minimum Gasteiger partial charge on any atom is -0.465 e. The van der Waals surface area contributed by atoms with E-state index in [1.807, 2.05) is 0 Å². The lowest BCUT2D eigenvalue weighted by Gasteiger charge is -2.40. The molecular weight excluding hydrogens is 503 g/mol. The second-order valence-corrected chi connectivity index (χ2v) is 9.87. The number of nitrogens with zero attached hydrogens (tertiary/aromatic N) is 4. The molecule has 0 radical (unpaired) electrons. The van der Waals surface area contributed by atoms with Crippen molar-refractivity contribution in [3.8, 4) is 6.07 Å². The van der Waals surface area contributed by atoms with Crippen molar-refractivity contribution in [3.05, 3.63) is 52.4 Å². The van der Waals surface area contributed by atoms with Gasteiger partial charge in [-0.1, -0.05) is 12.1 Å². The van der Waals surface area contributed by atoms with Crippen LogP contribution >= 0.6 is 0 Å². The predicted molar refractivity (Wildman–Crippen MR) is 132 cm³/mol. The minimum absolute atomic E-state index is 0.0476. The highest BCUT2D eigenvalue weighted by atomic mass is 19.4. The van der Waals surface area contributed by atoms with Gasteiger partial charge in [0.15, 0.2) is 5.82 Å². The predicted octanol–water partition coefficient (Wildman–Crippen LogP) is 3.64. The Morgan fingerprint density at radius 1 is 1.18 bits per heavy atom. The van der Waals surface area contributed by atoms with E-state index in [1.54, 1.807) is 10.7 Å². The second-order valence-electron chi connectivity index (χ2n) is 9.87. The number of pyridine rings is 1. The van der Waals surface area contributed by atoms with E-state index in [4.69, 9.17) is 0 Å². The van der Waals surface area contributed by atoms with Gasteiger partial charge in [0, 0.05) is 31.5 Å². The number of nitriles is 1. The number of aromatic amines is 1. The van der Waals surface area contributed by atoms with E-state index in [9.17, 15) is 33.1 Å². The lowest BCUT2D eigenvalue weighted by atomic mass is 9.79. The summed E-state index contributed by atoms with van der Waals surface area (Å²) >= 11 is 0. The van der Waals surface area contributed by atoms with Crippen molar-refractivity contribution in [3.63, 3.8) is 0 Å². The Bertz CT molecular complexity index is 1440. The first-order valence-electron chi connectivity index (χ1n) is 12.2. The van der Waals surface area contributed by atoms with E-state index in [0.717, 1.165) is 0 Å². The summed E-state index contributed by atoms with van der Waals surface area (Å²) in [5.74, 6) is 0.195. The normalized spacial score (nSPS) is 21.4. The molecule has 5 rings (SSSR count). The second kappa shape index (κ2) is 9.36. The molecule has 2 aliphatic heterocycles. The fraction of sp³-hybridized carbons (Fsp3) is 0.440. The molecule has 1 atom stereocenters. The van der Waals surface area contributed by atoms with Crippen LogP contribution in [0.2, 0.25) is 0 Å². The number of hydrogen-bond donors (Lipinski definition) is 4. The molecule has 0 spiro atoms. The van der Waals surface area contributed by atoms with Crippen LogP contribution in [0.15, 0.2) is 41.3 Å². The number of rotatable bonds is 5. The highest BCUT2D eigenvalue weighted by molar-refractivity contribution is 5.91. The van der Waals surface area contributed by atoms with E-state index in [2.05, 4.69) is 26.8 Å². The van der Waals surface area contributed by atoms with Gasteiger partial charge in [0.25, 0.3) is 5.56 Å². The zero-order chi connectivity index (χ0) is 27.1. The molecule has 38 heavy (non-hydrogen) atoms. The molecule has 0 aliphatic carbocycles. The zero-order valence-corrected chi connectivity index (χ0v) is 20.3. The molecule has 4 N–H and O–H groups in total. The maximum Gasteiger partial charge on any atom is 0.407 e. The van der Waals surface area contributed by atoms with Crippen LogP contribution in [0.5, 0.6) is 0 Å². The summed E-state index contributed by atoms with van der Waals surface area (Å²) in [7, 11) is 0. The number of alkyl halides is 3. The average molecular weight is 530 g/mol. The van der Waals surface area contributed by atoms with Gasteiger partial charge in [-0.25, -0.2) is 4.79 Å². The van der Waals surface area contributed by atoms with E-state index in [0.29, 0.717) is 24.0 Å². The van der Waals surface area contributed by atoms with E-state index in [-0.39, 0.29) is 55.8 Å². The molecule has 3 aromatic rings. The van der Waals surface area contributed by atoms with Crippen molar-refractivity contribution in [1.82, 2.24) is 25.0 Å². The number of aromatic nitrogens is 3. The van der Waals surface area contributed by atoms with Gasteiger partial charge in [-0.2, -0.15) is 23.5 Å². The van der Waals surface area contributed by atoms with Gasteiger partial charge in [-0.3, -0.25) is 9.48 Å². The van der Waals surface area contributed by atoms with Gasteiger partial charge in [-0.05, 0) is 49.6 Å². The molecule has 2 fully saturated rings. The number of carboxylic acid groups (broad SMARTS) is 1. The molecule has 1 unspecified atom stereocenters. The maximum atomic E-state index is 13.9. The fourth-order valence-electron chi connectivity index (χ4n) is 5.60. The Hall–Kier alpha value is -4.05. The molecule has 13 heteroatoms. The third-order valence-corrected chi connectivity index (χ3v) is 7.82.